The first-order valence-corrected chi connectivity index (χ1v) is 7.13. The van der Waals surface area contributed by atoms with Crippen molar-refractivity contribution in [3.05, 3.63) is 64.7 Å². The normalized spacial score (nSPS) is 12.3. The molecule has 0 fully saturated rings. The molecular formula is C16H18ClFN2. The van der Waals surface area contributed by atoms with E-state index in [1.165, 1.54) is 17.7 Å². The van der Waals surface area contributed by atoms with E-state index in [0.29, 0.717) is 11.4 Å². The molecule has 2 nitrogen and oxygen atoms in total. The molecule has 2 rings (SSSR count). The number of hydrogen-bond acceptors (Lipinski definition) is 2. The maximum atomic E-state index is 13.3. The maximum absolute atomic E-state index is 13.3. The zero-order valence-corrected chi connectivity index (χ0v) is 12.2. The highest BCUT2D eigenvalue weighted by Gasteiger charge is 2.12. The molecule has 0 aliphatic rings. The SMILES string of the molecule is CCNC(Cc1ccncc1)Cc1cc(F)ccc1Cl. The molecule has 0 saturated heterocycles. The van der Waals surface area contributed by atoms with Crippen molar-refractivity contribution in [2.45, 2.75) is 25.8 Å². The van der Waals surface area contributed by atoms with E-state index >= 15 is 0 Å². The van der Waals surface area contributed by atoms with Gasteiger partial charge in [-0.3, -0.25) is 4.98 Å². The molecule has 0 radical (unpaired) electrons. The summed E-state index contributed by atoms with van der Waals surface area (Å²) in [5, 5.41) is 4.04. The van der Waals surface area contributed by atoms with Crippen LogP contribution in [0, 0.1) is 5.82 Å². The van der Waals surface area contributed by atoms with Crippen LogP contribution in [0.4, 0.5) is 4.39 Å². The highest BCUT2D eigenvalue weighted by atomic mass is 35.5. The second-order valence-electron chi connectivity index (χ2n) is 4.75. The molecule has 1 aromatic heterocycles. The minimum absolute atomic E-state index is 0.224. The van der Waals surface area contributed by atoms with Gasteiger partial charge in [-0.2, -0.15) is 0 Å². The fourth-order valence-electron chi connectivity index (χ4n) is 2.27. The van der Waals surface area contributed by atoms with E-state index < -0.39 is 0 Å². The molecular weight excluding hydrogens is 275 g/mol. The van der Waals surface area contributed by atoms with Crippen LogP contribution in [-0.2, 0) is 12.8 Å². The maximum Gasteiger partial charge on any atom is 0.123 e. The van der Waals surface area contributed by atoms with Crippen molar-refractivity contribution in [2.24, 2.45) is 0 Å². The molecule has 0 bridgehead atoms. The second kappa shape index (κ2) is 7.36. The van der Waals surface area contributed by atoms with Crippen molar-refractivity contribution in [3.8, 4) is 0 Å². The quantitative estimate of drug-likeness (QED) is 0.879. The van der Waals surface area contributed by atoms with Gasteiger partial charge in [-0.25, -0.2) is 4.39 Å². The predicted molar refractivity (Wildman–Crippen MR) is 80.5 cm³/mol. The third kappa shape index (κ3) is 4.29. The minimum atomic E-state index is -0.247. The Bertz CT molecular complexity index is 545. The second-order valence-corrected chi connectivity index (χ2v) is 5.16. The Morgan fingerprint density at radius 3 is 2.65 bits per heavy atom. The Hall–Kier alpha value is -1.45. The summed E-state index contributed by atoms with van der Waals surface area (Å²) in [6, 6.07) is 8.73. The molecule has 0 amide bonds. The van der Waals surface area contributed by atoms with Crippen LogP contribution in [0.5, 0.6) is 0 Å². The van der Waals surface area contributed by atoms with Crippen molar-refractivity contribution in [1.82, 2.24) is 10.3 Å². The number of aromatic nitrogens is 1. The number of rotatable bonds is 6. The first-order chi connectivity index (χ1) is 9.69. The van der Waals surface area contributed by atoms with Crippen molar-refractivity contribution >= 4 is 11.6 Å². The van der Waals surface area contributed by atoms with Gasteiger partial charge in [0.25, 0.3) is 0 Å². The van der Waals surface area contributed by atoms with Gasteiger partial charge in [0.2, 0.25) is 0 Å². The zero-order valence-electron chi connectivity index (χ0n) is 11.4. The van der Waals surface area contributed by atoms with Crippen LogP contribution in [0.15, 0.2) is 42.7 Å². The van der Waals surface area contributed by atoms with Gasteiger partial charge >= 0.3 is 0 Å². The summed E-state index contributed by atoms with van der Waals surface area (Å²) in [5.74, 6) is -0.247. The van der Waals surface area contributed by atoms with Gasteiger partial charge in [0, 0.05) is 23.5 Å². The van der Waals surface area contributed by atoms with Gasteiger partial charge in [0.1, 0.15) is 5.82 Å². The predicted octanol–water partition coefficient (Wildman–Crippen LogP) is 3.64. The van der Waals surface area contributed by atoms with Crippen LogP contribution in [0.1, 0.15) is 18.1 Å². The van der Waals surface area contributed by atoms with Crippen LogP contribution in [-0.4, -0.2) is 17.6 Å². The van der Waals surface area contributed by atoms with Crippen LogP contribution in [0.3, 0.4) is 0 Å². The van der Waals surface area contributed by atoms with Crippen LogP contribution in [0.25, 0.3) is 0 Å². The minimum Gasteiger partial charge on any atom is -0.314 e. The van der Waals surface area contributed by atoms with Crippen LogP contribution < -0.4 is 5.32 Å². The Balaban J connectivity index is 2.11. The molecule has 1 aromatic carbocycles. The third-order valence-corrected chi connectivity index (χ3v) is 3.57. The molecule has 0 aliphatic carbocycles. The number of likely N-dealkylation sites (N-methyl/N-ethyl adjacent to an activating group) is 1. The first-order valence-electron chi connectivity index (χ1n) is 6.75. The highest BCUT2D eigenvalue weighted by molar-refractivity contribution is 6.31. The van der Waals surface area contributed by atoms with Crippen molar-refractivity contribution in [3.63, 3.8) is 0 Å². The molecule has 1 unspecified atom stereocenters. The topological polar surface area (TPSA) is 24.9 Å². The zero-order chi connectivity index (χ0) is 14.4. The lowest BCUT2D eigenvalue weighted by Crippen LogP contribution is -2.33. The molecule has 106 valence electrons. The highest BCUT2D eigenvalue weighted by Crippen LogP contribution is 2.19. The lowest BCUT2D eigenvalue weighted by Gasteiger charge is -2.19. The van der Waals surface area contributed by atoms with Gasteiger partial charge < -0.3 is 5.32 Å². The van der Waals surface area contributed by atoms with Crippen molar-refractivity contribution < 1.29 is 4.39 Å². The summed E-state index contributed by atoms with van der Waals surface area (Å²) in [6.45, 7) is 2.93. The van der Waals surface area contributed by atoms with Crippen molar-refractivity contribution in [2.75, 3.05) is 6.54 Å². The molecule has 1 heterocycles. The van der Waals surface area contributed by atoms with Gasteiger partial charge in [0.15, 0.2) is 0 Å². The van der Waals surface area contributed by atoms with Gasteiger partial charge in [-0.05, 0) is 60.8 Å². The lowest BCUT2D eigenvalue weighted by atomic mass is 9.99. The van der Waals surface area contributed by atoms with E-state index in [9.17, 15) is 4.39 Å². The molecule has 1 atom stereocenters. The molecule has 2 aromatic rings. The third-order valence-electron chi connectivity index (χ3n) is 3.20. The fourth-order valence-corrected chi connectivity index (χ4v) is 2.47. The van der Waals surface area contributed by atoms with Gasteiger partial charge in [-0.15, -0.1) is 0 Å². The number of halogens is 2. The Morgan fingerprint density at radius 1 is 1.20 bits per heavy atom. The largest absolute Gasteiger partial charge is 0.314 e. The Labute approximate surface area is 124 Å². The standard InChI is InChI=1S/C16H18ClFN2/c1-2-20-15(9-12-5-7-19-8-6-12)11-13-10-14(18)3-4-16(13)17/h3-8,10,15,20H,2,9,11H2,1H3. The van der Waals surface area contributed by atoms with E-state index in [1.807, 2.05) is 12.1 Å². The van der Waals surface area contributed by atoms with E-state index in [0.717, 1.165) is 18.5 Å². The summed E-state index contributed by atoms with van der Waals surface area (Å²) < 4.78 is 13.3. The summed E-state index contributed by atoms with van der Waals surface area (Å²) in [5.41, 5.74) is 2.05. The van der Waals surface area contributed by atoms with E-state index in [4.69, 9.17) is 11.6 Å². The molecule has 4 heteroatoms. The number of nitrogens with zero attached hydrogens (tertiary/aromatic N) is 1. The molecule has 20 heavy (non-hydrogen) atoms. The Morgan fingerprint density at radius 2 is 1.95 bits per heavy atom. The number of hydrogen-bond donors (Lipinski definition) is 1. The van der Waals surface area contributed by atoms with E-state index in [-0.39, 0.29) is 11.9 Å². The molecule has 0 saturated carbocycles. The van der Waals surface area contributed by atoms with Crippen LogP contribution >= 0.6 is 11.6 Å². The van der Waals surface area contributed by atoms with Gasteiger partial charge in [0.05, 0.1) is 0 Å². The number of pyridine rings is 1. The van der Waals surface area contributed by atoms with Gasteiger partial charge in [-0.1, -0.05) is 18.5 Å². The monoisotopic (exact) mass is 292 g/mol. The van der Waals surface area contributed by atoms with E-state index in [2.05, 4.69) is 17.2 Å². The smallest absolute Gasteiger partial charge is 0.123 e. The number of benzene rings is 1. The summed E-state index contributed by atoms with van der Waals surface area (Å²) in [7, 11) is 0. The summed E-state index contributed by atoms with van der Waals surface area (Å²) in [6.07, 6.45) is 5.14. The summed E-state index contributed by atoms with van der Waals surface area (Å²) in [4.78, 5) is 4.02. The van der Waals surface area contributed by atoms with Crippen LogP contribution in [0.2, 0.25) is 5.02 Å². The first kappa shape index (κ1) is 14.9. The molecule has 0 aliphatic heterocycles. The average molecular weight is 293 g/mol. The average Bonchev–Trinajstić information content (AvgIpc) is 2.44. The molecule has 1 N–H and O–H groups in total. The van der Waals surface area contributed by atoms with Crippen molar-refractivity contribution in [1.29, 1.82) is 0 Å². The molecule has 0 spiro atoms. The lowest BCUT2D eigenvalue weighted by molar-refractivity contribution is 0.519. The van der Waals surface area contributed by atoms with E-state index in [1.54, 1.807) is 18.5 Å². The fraction of sp³-hybridized carbons (Fsp3) is 0.312. The Kier molecular flexibility index (Phi) is 5.50. The number of nitrogens with one attached hydrogen (secondary N) is 1. The summed E-state index contributed by atoms with van der Waals surface area (Å²) >= 11 is 6.14.